The second kappa shape index (κ2) is 6.01. The van der Waals surface area contributed by atoms with Gasteiger partial charge in [-0.3, -0.25) is 0 Å². The van der Waals surface area contributed by atoms with Gasteiger partial charge in [-0.15, -0.1) is 0 Å². The van der Waals surface area contributed by atoms with Gasteiger partial charge in [0.2, 0.25) is 0 Å². The summed E-state index contributed by atoms with van der Waals surface area (Å²) >= 11 is 5.78. The minimum atomic E-state index is -3.08. The predicted octanol–water partition coefficient (Wildman–Crippen LogP) is 1.67. The van der Waals surface area contributed by atoms with Crippen LogP contribution in [0.2, 0.25) is 5.02 Å². The Morgan fingerprint density at radius 3 is 2.60 bits per heavy atom. The van der Waals surface area contributed by atoms with Gasteiger partial charge in [-0.05, 0) is 24.1 Å². The van der Waals surface area contributed by atoms with Crippen molar-refractivity contribution in [2.24, 2.45) is 0 Å². The molecule has 1 aromatic carbocycles. The Kier molecular flexibility index (Phi) is 4.55. The molecule has 1 fully saturated rings. The van der Waals surface area contributed by atoms with Crippen molar-refractivity contribution < 1.29 is 13.2 Å². The largest absolute Gasteiger partial charge is 0.334 e. The number of benzene rings is 1. The number of sulfone groups is 1. The smallest absolute Gasteiger partial charge is 0.317 e. The van der Waals surface area contributed by atoms with Crippen LogP contribution in [-0.2, 0) is 16.4 Å². The topological polar surface area (TPSA) is 66.5 Å². The third kappa shape index (κ3) is 3.86. The molecule has 1 aliphatic heterocycles. The molecular weight excluding hydrogens is 300 g/mol. The first-order valence-electron chi connectivity index (χ1n) is 6.32. The maximum absolute atomic E-state index is 12.0. The van der Waals surface area contributed by atoms with E-state index in [0.29, 0.717) is 24.5 Å². The summed E-state index contributed by atoms with van der Waals surface area (Å²) in [7, 11) is -3.08. The highest BCUT2D eigenvalue weighted by atomic mass is 35.5. The number of rotatable bonds is 3. The van der Waals surface area contributed by atoms with Crippen molar-refractivity contribution in [2.75, 3.05) is 19.3 Å². The van der Waals surface area contributed by atoms with Crippen molar-refractivity contribution >= 4 is 27.5 Å². The zero-order valence-electron chi connectivity index (χ0n) is 11.2. The van der Waals surface area contributed by atoms with Crippen LogP contribution in [0.15, 0.2) is 24.3 Å². The highest BCUT2D eigenvalue weighted by Crippen LogP contribution is 2.16. The molecule has 1 aliphatic rings. The number of carbonyl (C=O) groups excluding carboxylic acids is 1. The molecule has 2 rings (SSSR count). The minimum Gasteiger partial charge on any atom is -0.334 e. The SMILES string of the molecule is CS(=O)(=O)[C@H]1CCN(C(=O)NCc2ccc(Cl)cc2)C1. The maximum atomic E-state index is 12.0. The van der Waals surface area contributed by atoms with Crippen molar-refractivity contribution in [3.05, 3.63) is 34.9 Å². The van der Waals surface area contributed by atoms with Crippen LogP contribution in [0.25, 0.3) is 0 Å². The summed E-state index contributed by atoms with van der Waals surface area (Å²) in [5, 5.41) is 2.99. The van der Waals surface area contributed by atoms with E-state index in [-0.39, 0.29) is 12.6 Å². The van der Waals surface area contributed by atoms with E-state index in [9.17, 15) is 13.2 Å². The Bertz CT molecular complexity index is 586. The van der Waals surface area contributed by atoms with Gasteiger partial charge < -0.3 is 10.2 Å². The fourth-order valence-electron chi connectivity index (χ4n) is 2.15. The molecule has 110 valence electrons. The second-order valence-corrected chi connectivity index (χ2v) is 7.73. The number of hydrogen-bond acceptors (Lipinski definition) is 3. The Balaban J connectivity index is 1.86. The Hall–Kier alpha value is -1.27. The molecule has 5 nitrogen and oxygen atoms in total. The van der Waals surface area contributed by atoms with Crippen LogP contribution in [0.4, 0.5) is 4.79 Å². The van der Waals surface area contributed by atoms with E-state index < -0.39 is 15.1 Å². The zero-order valence-corrected chi connectivity index (χ0v) is 12.7. The number of halogens is 1. The van der Waals surface area contributed by atoms with Gasteiger partial charge in [0.15, 0.2) is 9.84 Å². The Morgan fingerprint density at radius 1 is 1.40 bits per heavy atom. The third-order valence-corrected chi connectivity index (χ3v) is 5.24. The van der Waals surface area contributed by atoms with Gasteiger partial charge in [-0.25, -0.2) is 13.2 Å². The van der Waals surface area contributed by atoms with Crippen molar-refractivity contribution in [3.8, 4) is 0 Å². The second-order valence-electron chi connectivity index (χ2n) is 4.97. The molecule has 7 heteroatoms. The molecule has 0 spiro atoms. The standard InChI is InChI=1S/C13H17ClN2O3S/c1-20(18,19)12-6-7-16(9-12)13(17)15-8-10-2-4-11(14)5-3-10/h2-5,12H,6-9H2,1H3,(H,15,17)/t12-/m0/s1. The van der Waals surface area contributed by atoms with Crippen LogP contribution in [0.3, 0.4) is 0 Å². The molecule has 1 N–H and O–H groups in total. The lowest BCUT2D eigenvalue weighted by molar-refractivity contribution is 0.208. The van der Waals surface area contributed by atoms with Gasteiger partial charge in [-0.1, -0.05) is 23.7 Å². The van der Waals surface area contributed by atoms with Crippen LogP contribution in [0.5, 0.6) is 0 Å². The summed E-state index contributed by atoms with van der Waals surface area (Å²) < 4.78 is 22.9. The van der Waals surface area contributed by atoms with Gasteiger partial charge in [-0.2, -0.15) is 0 Å². The van der Waals surface area contributed by atoms with Crippen molar-refractivity contribution in [3.63, 3.8) is 0 Å². The minimum absolute atomic E-state index is 0.230. The number of carbonyl (C=O) groups is 1. The normalized spacial score (nSPS) is 19.1. The Labute approximate surface area is 123 Å². The molecule has 0 bridgehead atoms. The predicted molar refractivity (Wildman–Crippen MR) is 78.5 cm³/mol. The lowest BCUT2D eigenvalue weighted by Crippen LogP contribution is -2.39. The number of urea groups is 1. The highest BCUT2D eigenvalue weighted by Gasteiger charge is 2.32. The first kappa shape index (κ1) is 15.1. The Morgan fingerprint density at radius 2 is 2.05 bits per heavy atom. The molecule has 0 aromatic heterocycles. The van der Waals surface area contributed by atoms with E-state index >= 15 is 0 Å². The molecule has 1 aromatic rings. The summed E-state index contributed by atoms with van der Waals surface area (Å²) in [5.74, 6) is 0. The summed E-state index contributed by atoms with van der Waals surface area (Å²) in [6, 6.07) is 6.97. The van der Waals surface area contributed by atoms with E-state index in [1.165, 1.54) is 6.26 Å². The average molecular weight is 317 g/mol. The van der Waals surface area contributed by atoms with Gasteiger partial charge in [0.25, 0.3) is 0 Å². The quantitative estimate of drug-likeness (QED) is 0.922. The van der Waals surface area contributed by atoms with Crippen molar-refractivity contribution in [1.82, 2.24) is 10.2 Å². The van der Waals surface area contributed by atoms with Crippen molar-refractivity contribution in [1.29, 1.82) is 0 Å². The summed E-state index contributed by atoms with van der Waals surface area (Å²) in [6.45, 7) is 1.14. The number of hydrogen-bond donors (Lipinski definition) is 1. The van der Waals surface area contributed by atoms with Crippen LogP contribution in [0, 0.1) is 0 Å². The highest BCUT2D eigenvalue weighted by molar-refractivity contribution is 7.91. The molecule has 20 heavy (non-hydrogen) atoms. The van der Waals surface area contributed by atoms with Crippen LogP contribution in [-0.4, -0.2) is 43.9 Å². The lowest BCUT2D eigenvalue weighted by atomic mass is 10.2. The first-order valence-corrected chi connectivity index (χ1v) is 8.65. The van der Waals surface area contributed by atoms with E-state index in [4.69, 9.17) is 11.6 Å². The van der Waals surface area contributed by atoms with Crippen LogP contribution >= 0.6 is 11.6 Å². The van der Waals surface area contributed by atoms with Gasteiger partial charge in [0.1, 0.15) is 0 Å². The molecular formula is C13H17ClN2O3S. The fourth-order valence-corrected chi connectivity index (χ4v) is 3.26. The molecule has 0 unspecified atom stereocenters. The number of likely N-dealkylation sites (tertiary alicyclic amines) is 1. The molecule has 0 saturated carbocycles. The third-order valence-electron chi connectivity index (χ3n) is 3.39. The van der Waals surface area contributed by atoms with Gasteiger partial charge in [0.05, 0.1) is 5.25 Å². The monoisotopic (exact) mass is 316 g/mol. The van der Waals surface area contributed by atoms with E-state index in [2.05, 4.69) is 5.32 Å². The number of nitrogens with one attached hydrogen (secondary N) is 1. The van der Waals surface area contributed by atoms with E-state index in [0.717, 1.165) is 5.56 Å². The van der Waals surface area contributed by atoms with Gasteiger partial charge >= 0.3 is 6.03 Å². The van der Waals surface area contributed by atoms with E-state index in [1.54, 1.807) is 17.0 Å². The summed E-state index contributed by atoms with van der Waals surface area (Å²) in [5.41, 5.74) is 0.946. The molecule has 2 amide bonds. The van der Waals surface area contributed by atoms with Crippen molar-refractivity contribution in [2.45, 2.75) is 18.2 Å². The molecule has 1 atom stereocenters. The molecule has 0 aliphatic carbocycles. The summed E-state index contributed by atoms with van der Waals surface area (Å²) in [4.78, 5) is 13.5. The number of nitrogens with zero attached hydrogens (tertiary/aromatic N) is 1. The molecule has 1 saturated heterocycles. The van der Waals surface area contributed by atoms with Gasteiger partial charge in [0, 0.05) is 30.9 Å². The molecule has 0 radical (unpaired) electrons. The first-order chi connectivity index (χ1) is 9.36. The molecule has 1 heterocycles. The lowest BCUT2D eigenvalue weighted by Gasteiger charge is -2.17. The average Bonchev–Trinajstić information content (AvgIpc) is 2.87. The van der Waals surface area contributed by atoms with Crippen LogP contribution < -0.4 is 5.32 Å². The summed E-state index contributed by atoms with van der Waals surface area (Å²) in [6.07, 6.45) is 1.72. The maximum Gasteiger partial charge on any atom is 0.317 e. The fraction of sp³-hybridized carbons (Fsp3) is 0.462. The van der Waals surface area contributed by atoms with E-state index in [1.807, 2.05) is 12.1 Å². The zero-order chi connectivity index (χ0) is 14.8. The number of amides is 2. The van der Waals surface area contributed by atoms with Crippen LogP contribution in [0.1, 0.15) is 12.0 Å².